The molecule has 2 rings (SSSR count). The third-order valence-electron chi connectivity index (χ3n) is 3.50. The number of benzene rings is 1. The quantitative estimate of drug-likeness (QED) is 0.826. The van der Waals surface area contributed by atoms with Crippen molar-refractivity contribution < 1.29 is 9.50 Å². The molecule has 0 saturated carbocycles. The van der Waals surface area contributed by atoms with Gasteiger partial charge in [0, 0.05) is 24.2 Å². The summed E-state index contributed by atoms with van der Waals surface area (Å²) < 4.78 is 14.0. The molecule has 1 aliphatic rings. The van der Waals surface area contributed by atoms with Crippen molar-refractivity contribution >= 4 is 0 Å². The first-order valence-electron chi connectivity index (χ1n) is 6.79. The Hall–Kier alpha value is -1.37. The Morgan fingerprint density at radius 3 is 3.00 bits per heavy atom. The number of rotatable bonds is 2. The van der Waals surface area contributed by atoms with E-state index in [9.17, 15) is 4.39 Å². The molecule has 1 saturated heterocycles. The number of nitrogens with zero attached hydrogens (tertiary/aromatic N) is 1. The van der Waals surface area contributed by atoms with Crippen molar-refractivity contribution in [3.05, 3.63) is 35.1 Å². The Kier molecular flexibility index (Phi) is 4.95. The highest BCUT2D eigenvalue weighted by atomic mass is 19.1. The van der Waals surface area contributed by atoms with E-state index in [-0.39, 0.29) is 12.4 Å². The summed E-state index contributed by atoms with van der Waals surface area (Å²) in [4.78, 5) is 2.31. The molecule has 0 spiro atoms. The second-order valence-corrected chi connectivity index (χ2v) is 5.25. The smallest absolute Gasteiger partial charge is 0.128 e. The highest BCUT2D eigenvalue weighted by Crippen LogP contribution is 2.19. The summed E-state index contributed by atoms with van der Waals surface area (Å²) in [5.41, 5.74) is 1.34. The molecule has 3 heteroatoms. The van der Waals surface area contributed by atoms with Crippen molar-refractivity contribution in [2.45, 2.75) is 26.3 Å². The molecule has 0 aromatic heterocycles. The summed E-state index contributed by atoms with van der Waals surface area (Å²) in [6.07, 6.45) is 2.47. The van der Waals surface area contributed by atoms with E-state index in [0.717, 1.165) is 18.7 Å². The van der Waals surface area contributed by atoms with Crippen LogP contribution in [0.4, 0.5) is 4.39 Å². The zero-order chi connectivity index (χ0) is 13.7. The van der Waals surface area contributed by atoms with Crippen LogP contribution in [-0.2, 0) is 6.54 Å². The van der Waals surface area contributed by atoms with Gasteiger partial charge in [-0.3, -0.25) is 4.90 Å². The fourth-order valence-electron chi connectivity index (χ4n) is 2.57. The number of aliphatic hydroxyl groups excluding tert-OH is 1. The van der Waals surface area contributed by atoms with Gasteiger partial charge in [-0.25, -0.2) is 4.39 Å². The predicted molar refractivity (Wildman–Crippen MR) is 74.0 cm³/mol. The number of aliphatic hydroxyl groups is 1. The largest absolute Gasteiger partial charge is 0.384 e. The van der Waals surface area contributed by atoms with Crippen LogP contribution in [0.2, 0.25) is 0 Å². The summed E-state index contributed by atoms with van der Waals surface area (Å²) in [7, 11) is 0. The van der Waals surface area contributed by atoms with Gasteiger partial charge in [0.1, 0.15) is 12.4 Å². The molecule has 0 amide bonds. The zero-order valence-electron chi connectivity index (χ0n) is 11.3. The maximum atomic E-state index is 14.0. The van der Waals surface area contributed by atoms with Gasteiger partial charge in [0.2, 0.25) is 0 Å². The van der Waals surface area contributed by atoms with Crippen molar-refractivity contribution in [2.24, 2.45) is 5.92 Å². The van der Waals surface area contributed by atoms with Crippen molar-refractivity contribution in [2.75, 3.05) is 19.7 Å². The van der Waals surface area contributed by atoms with Crippen LogP contribution >= 0.6 is 0 Å². The van der Waals surface area contributed by atoms with Crippen LogP contribution in [-0.4, -0.2) is 29.7 Å². The summed E-state index contributed by atoms with van der Waals surface area (Å²) in [6, 6.07) is 5.07. The van der Waals surface area contributed by atoms with Gasteiger partial charge in [-0.1, -0.05) is 24.8 Å². The van der Waals surface area contributed by atoms with Crippen LogP contribution < -0.4 is 0 Å². The maximum Gasteiger partial charge on any atom is 0.128 e. The van der Waals surface area contributed by atoms with E-state index in [0.29, 0.717) is 18.0 Å². The summed E-state index contributed by atoms with van der Waals surface area (Å²) in [5, 5.41) is 8.62. The minimum absolute atomic E-state index is 0.199. The monoisotopic (exact) mass is 261 g/mol. The lowest BCUT2D eigenvalue weighted by Gasteiger charge is -2.30. The first kappa shape index (κ1) is 14.0. The van der Waals surface area contributed by atoms with E-state index in [4.69, 9.17) is 5.11 Å². The van der Waals surface area contributed by atoms with Gasteiger partial charge in [-0.15, -0.1) is 0 Å². The highest BCUT2D eigenvalue weighted by Gasteiger charge is 2.17. The van der Waals surface area contributed by atoms with Crippen molar-refractivity contribution in [3.63, 3.8) is 0 Å². The molecule has 0 aliphatic carbocycles. The molecule has 1 atom stereocenters. The van der Waals surface area contributed by atoms with Crippen LogP contribution in [0.25, 0.3) is 0 Å². The molecule has 2 nitrogen and oxygen atoms in total. The van der Waals surface area contributed by atoms with Gasteiger partial charge in [-0.2, -0.15) is 0 Å². The molecule has 0 bridgehead atoms. The second kappa shape index (κ2) is 6.70. The molecular weight excluding hydrogens is 241 g/mol. The normalized spacial score (nSPS) is 19.8. The Bertz CT molecular complexity index is 489. The highest BCUT2D eigenvalue weighted by molar-refractivity contribution is 5.37. The van der Waals surface area contributed by atoms with Crippen molar-refractivity contribution in [3.8, 4) is 11.8 Å². The summed E-state index contributed by atoms with van der Waals surface area (Å²) >= 11 is 0. The first-order chi connectivity index (χ1) is 9.19. The van der Waals surface area contributed by atoms with Crippen LogP contribution in [0, 0.1) is 23.6 Å². The Balaban J connectivity index is 2.04. The first-order valence-corrected chi connectivity index (χ1v) is 6.79. The zero-order valence-corrected chi connectivity index (χ0v) is 11.3. The fraction of sp³-hybridized carbons (Fsp3) is 0.500. The van der Waals surface area contributed by atoms with E-state index in [2.05, 4.69) is 23.7 Å². The van der Waals surface area contributed by atoms with E-state index < -0.39 is 0 Å². The number of hydrogen-bond acceptors (Lipinski definition) is 2. The number of halogens is 1. The maximum absolute atomic E-state index is 14.0. The molecule has 1 aromatic rings. The van der Waals surface area contributed by atoms with E-state index in [1.807, 2.05) is 6.07 Å². The van der Waals surface area contributed by atoms with Gasteiger partial charge in [-0.05, 0) is 37.4 Å². The third-order valence-corrected chi connectivity index (χ3v) is 3.50. The van der Waals surface area contributed by atoms with Crippen LogP contribution in [0.5, 0.6) is 0 Å². The molecule has 19 heavy (non-hydrogen) atoms. The standard InChI is InChI=1S/C16H20FNO/c1-13-4-2-8-18(11-13)12-15-7-6-14(5-3-9-19)10-16(15)17/h6-7,10,13,19H,2,4,8-9,11-12H2,1H3. The lowest BCUT2D eigenvalue weighted by Crippen LogP contribution is -2.33. The predicted octanol–water partition coefficient (Wildman–Crippen LogP) is 2.40. The van der Waals surface area contributed by atoms with Gasteiger partial charge in [0.25, 0.3) is 0 Å². The Morgan fingerprint density at radius 2 is 2.32 bits per heavy atom. The number of likely N-dealkylation sites (tertiary alicyclic amines) is 1. The minimum atomic E-state index is -0.206. The van der Waals surface area contributed by atoms with Gasteiger partial charge in [0.05, 0.1) is 0 Å². The SMILES string of the molecule is CC1CCCN(Cc2ccc(C#CCO)cc2F)C1. The second-order valence-electron chi connectivity index (χ2n) is 5.25. The molecular formula is C16H20FNO. The lowest BCUT2D eigenvalue weighted by atomic mass is 9.99. The van der Waals surface area contributed by atoms with Crippen molar-refractivity contribution in [1.82, 2.24) is 4.90 Å². The van der Waals surface area contributed by atoms with Crippen LogP contribution in [0.3, 0.4) is 0 Å². The number of hydrogen-bond donors (Lipinski definition) is 1. The summed E-state index contributed by atoms with van der Waals surface area (Å²) in [5.74, 6) is 5.74. The fourth-order valence-corrected chi connectivity index (χ4v) is 2.57. The molecule has 1 aromatic carbocycles. The molecule has 0 radical (unpaired) electrons. The van der Waals surface area contributed by atoms with Crippen LogP contribution in [0.1, 0.15) is 30.9 Å². The number of piperidine rings is 1. The lowest BCUT2D eigenvalue weighted by molar-refractivity contribution is 0.175. The van der Waals surface area contributed by atoms with Crippen molar-refractivity contribution in [1.29, 1.82) is 0 Å². The Labute approximate surface area is 114 Å². The summed E-state index contributed by atoms with van der Waals surface area (Å²) in [6.45, 7) is 4.82. The average Bonchev–Trinajstić information content (AvgIpc) is 2.39. The third kappa shape index (κ3) is 4.05. The molecule has 1 unspecified atom stereocenters. The minimum Gasteiger partial charge on any atom is -0.384 e. The molecule has 1 fully saturated rings. The van der Waals surface area contributed by atoms with Gasteiger partial charge >= 0.3 is 0 Å². The van der Waals surface area contributed by atoms with Gasteiger partial charge < -0.3 is 5.11 Å². The van der Waals surface area contributed by atoms with E-state index >= 15 is 0 Å². The van der Waals surface area contributed by atoms with E-state index in [1.54, 1.807) is 6.07 Å². The molecule has 102 valence electrons. The van der Waals surface area contributed by atoms with Crippen LogP contribution in [0.15, 0.2) is 18.2 Å². The molecule has 1 N–H and O–H groups in total. The molecule has 1 aliphatic heterocycles. The molecule has 1 heterocycles. The van der Waals surface area contributed by atoms with Gasteiger partial charge in [0.15, 0.2) is 0 Å². The topological polar surface area (TPSA) is 23.5 Å². The average molecular weight is 261 g/mol. The Morgan fingerprint density at radius 1 is 1.47 bits per heavy atom. The van der Waals surface area contributed by atoms with E-state index in [1.165, 1.54) is 18.9 Å².